The van der Waals surface area contributed by atoms with Gasteiger partial charge in [0.25, 0.3) is 0 Å². The molecular weight excluding hydrogens is 648 g/mol. The van der Waals surface area contributed by atoms with E-state index in [9.17, 15) is 14.4 Å². The number of carbonyl (C=O) groups is 3. The molecule has 0 aromatic rings. The van der Waals surface area contributed by atoms with E-state index in [2.05, 4.69) is 27.7 Å². The molecule has 0 radical (unpaired) electrons. The monoisotopic (exact) mass is 737 g/mol. The van der Waals surface area contributed by atoms with Crippen molar-refractivity contribution in [1.82, 2.24) is 0 Å². The Balaban J connectivity index is 4.14. The minimum atomic E-state index is -0.757. The van der Waals surface area contributed by atoms with Crippen LogP contribution < -0.4 is 0 Å². The van der Waals surface area contributed by atoms with Gasteiger partial charge in [0, 0.05) is 19.3 Å². The fourth-order valence-electron chi connectivity index (χ4n) is 6.80. The molecule has 6 nitrogen and oxygen atoms in total. The van der Waals surface area contributed by atoms with Gasteiger partial charge >= 0.3 is 17.9 Å². The topological polar surface area (TPSA) is 78.9 Å². The Morgan fingerprint density at radius 2 is 0.635 bits per heavy atom. The first-order chi connectivity index (χ1) is 25.4. The first-order valence-electron chi connectivity index (χ1n) is 22.9. The molecule has 0 bridgehead atoms. The summed E-state index contributed by atoms with van der Waals surface area (Å²) in [5.74, 6) is -0.0226. The highest BCUT2D eigenvalue weighted by Crippen LogP contribution is 2.16. The van der Waals surface area contributed by atoms with Gasteiger partial charge in [-0.15, -0.1) is 0 Å². The highest BCUT2D eigenvalue weighted by molar-refractivity contribution is 5.71. The fourth-order valence-corrected chi connectivity index (χ4v) is 6.80. The molecule has 0 spiro atoms. The van der Waals surface area contributed by atoms with Gasteiger partial charge in [-0.1, -0.05) is 214 Å². The summed E-state index contributed by atoms with van der Waals surface area (Å²) in [7, 11) is 0. The van der Waals surface area contributed by atoms with Gasteiger partial charge in [0.15, 0.2) is 6.10 Å². The minimum absolute atomic E-state index is 0.0646. The van der Waals surface area contributed by atoms with Crippen molar-refractivity contribution in [3.05, 3.63) is 0 Å². The van der Waals surface area contributed by atoms with Crippen molar-refractivity contribution in [2.24, 2.45) is 5.92 Å². The Morgan fingerprint density at radius 1 is 0.365 bits per heavy atom. The molecule has 0 saturated carbocycles. The lowest BCUT2D eigenvalue weighted by molar-refractivity contribution is -0.167. The molecule has 0 aromatic carbocycles. The van der Waals surface area contributed by atoms with Gasteiger partial charge in [-0.3, -0.25) is 14.4 Å². The van der Waals surface area contributed by atoms with Crippen LogP contribution in [0.5, 0.6) is 0 Å². The van der Waals surface area contributed by atoms with E-state index in [1.54, 1.807) is 0 Å². The molecule has 0 amide bonds. The third-order valence-corrected chi connectivity index (χ3v) is 10.3. The largest absolute Gasteiger partial charge is 0.462 e. The first kappa shape index (κ1) is 50.4. The molecule has 308 valence electrons. The molecule has 0 saturated heterocycles. The van der Waals surface area contributed by atoms with Crippen LogP contribution in [0.1, 0.15) is 252 Å². The molecule has 0 aliphatic heterocycles. The van der Waals surface area contributed by atoms with Crippen LogP contribution in [0.3, 0.4) is 0 Å². The van der Waals surface area contributed by atoms with Crippen molar-refractivity contribution < 1.29 is 28.6 Å². The number of unbranched alkanes of at least 4 members (excludes halogenated alkanes) is 28. The standard InChI is InChI=1S/C46H88O6/c1-5-7-9-11-12-13-14-20-24-27-31-35-39-46(49)52-43(40-50-44(47)37-33-28-10-8-6-2)41-51-45(48)38-34-30-26-23-21-18-16-15-17-19-22-25-29-32-36-42(3)4/h42-43H,5-41H2,1-4H3/t43-/m0/s1. The van der Waals surface area contributed by atoms with Crippen molar-refractivity contribution in [2.45, 2.75) is 259 Å². The summed E-state index contributed by atoms with van der Waals surface area (Å²) in [5, 5.41) is 0. The molecule has 52 heavy (non-hydrogen) atoms. The number of carbonyl (C=O) groups excluding carboxylic acids is 3. The maximum absolute atomic E-state index is 12.6. The maximum atomic E-state index is 12.6. The maximum Gasteiger partial charge on any atom is 0.306 e. The summed E-state index contributed by atoms with van der Waals surface area (Å²) in [6, 6.07) is 0. The van der Waals surface area contributed by atoms with E-state index in [1.165, 1.54) is 141 Å². The van der Waals surface area contributed by atoms with E-state index >= 15 is 0 Å². The van der Waals surface area contributed by atoms with Gasteiger partial charge in [-0.2, -0.15) is 0 Å². The highest BCUT2D eigenvalue weighted by Gasteiger charge is 2.19. The molecular formula is C46H88O6. The van der Waals surface area contributed by atoms with E-state index in [0.29, 0.717) is 19.3 Å². The van der Waals surface area contributed by atoms with Crippen LogP contribution >= 0.6 is 0 Å². The van der Waals surface area contributed by atoms with E-state index in [0.717, 1.165) is 70.1 Å². The van der Waals surface area contributed by atoms with Gasteiger partial charge in [0.1, 0.15) is 13.2 Å². The summed E-state index contributed by atoms with van der Waals surface area (Å²) < 4.78 is 16.6. The lowest BCUT2D eigenvalue weighted by Crippen LogP contribution is -2.30. The van der Waals surface area contributed by atoms with Gasteiger partial charge in [-0.25, -0.2) is 0 Å². The van der Waals surface area contributed by atoms with Gasteiger partial charge in [0.2, 0.25) is 0 Å². The van der Waals surface area contributed by atoms with E-state index in [1.807, 2.05) is 0 Å². The second kappa shape index (κ2) is 40.6. The molecule has 0 aromatic heterocycles. The van der Waals surface area contributed by atoms with Gasteiger partial charge in [0.05, 0.1) is 0 Å². The number of hydrogen-bond donors (Lipinski definition) is 0. The average molecular weight is 737 g/mol. The van der Waals surface area contributed by atoms with Gasteiger partial charge in [-0.05, 0) is 25.2 Å². The number of hydrogen-bond acceptors (Lipinski definition) is 6. The van der Waals surface area contributed by atoms with Gasteiger partial charge < -0.3 is 14.2 Å². The van der Waals surface area contributed by atoms with Crippen LogP contribution in [-0.2, 0) is 28.6 Å². The second-order valence-corrected chi connectivity index (χ2v) is 16.2. The second-order valence-electron chi connectivity index (χ2n) is 16.2. The Kier molecular flexibility index (Phi) is 39.4. The molecule has 6 heteroatoms. The van der Waals surface area contributed by atoms with Crippen molar-refractivity contribution in [1.29, 1.82) is 0 Å². The predicted octanol–water partition coefficient (Wildman–Crippen LogP) is 14.3. The number of esters is 3. The minimum Gasteiger partial charge on any atom is -0.462 e. The molecule has 0 aliphatic carbocycles. The normalized spacial score (nSPS) is 11.9. The lowest BCUT2D eigenvalue weighted by Gasteiger charge is -2.18. The van der Waals surface area contributed by atoms with Crippen LogP contribution in [0.15, 0.2) is 0 Å². The van der Waals surface area contributed by atoms with E-state index < -0.39 is 6.10 Å². The smallest absolute Gasteiger partial charge is 0.306 e. The fraction of sp³-hybridized carbons (Fsp3) is 0.935. The summed E-state index contributed by atoms with van der Waals surface area (Å²) in [6.45, 7) is 8.93. The van der Waals surface area contributed by atoms with Crippen molar-refractivity contribution in [2.75, 3.05) is 13.2 Å². The third-order valence-electron chi connectivity index (χ3n) is 10.3. The lowest BCUT2D eigenvalue weighted by atomic mass is 10.0. The quantitative estimate of drug-likeness (QED) is 0.0353. The number of ether oxygens (including phenoxy) is 3. The zero-order valence-electron chi connectivity index (χ0n) is 35.3. The summed E-state index contributed by atoms with van der Waals surface area (Å²) in [4.78, 5) is 37.4. The zero-order chi connectivity index (χ0) is 38.2. The van der Waals surface area contributed by atoms with Crippen LogP contribution in [0, 0.1) is 5.92 Å². The van der Waals surface area contributed by atoms with Crippen LogP contribution in [0.25, 0.3) is 0 Å². The van der Waals surface area contributed by atoms with Crippen molar-refractivity contribution in [3.8, 4) is 0 Å². The molecule has 0 unspecified atom stereocenters. The highest BCUT2D eigenvalue weighted by atomic mass is 16.6. The van der Waals surface area contributed by atoms with Crippen LogP contribution in [-0.4, -0.2) is 37.2 Å². The average Bonchev–Trinajstić information content (AvgIpc) is 3.12. The Morgan fingerprint density at radius 3 is 0.942 bits per heavy atom. The predicted molar refractivity (Wildman–Crippen MR) is 220 cm³/mol. The van der Waals surface area contributed by atoms with Crippen LogP contribution in [0.2, 0.25) is 0 Å². The summed E-state index contributed by atoms with van der Waals surface area (Å²) in [6.07, 6.45) is 39.7. The van der Waals surface area contributed by atoms with E-state index in [-0.39, 0.29) is 31.1 Å². The molecule has 0 rings (SSSR count). The molecule has 1 atom stereocenters. The SMILES string of the molecule is CCCCCCCCCCCCCCC(=O)O[C@@H](COC(=O)CCCCCCC)COC(=O)CCCCCCCCCCCCCCCCC(C)C. The molecule has 0 fully saturated rings. The zero-order valence-corrected chi connectivity index (χ0v) is 35.3. The van der Waals surface area contributed by atoms with Crippen molar-refractivity contribution in [3.63, 3.8) is 0 Å². The summed E-state index contributed by atoms with van der Waals surface area (Å²) in [5.41, 5.74) is 0. The van der Waals surface area contributed by atoms with E-state index in [4.69, 9.17) is 14.2 Å². The number of rotatable bonds is 41. The first-order valence-corrected chi connectivity index (χ1v) is 22.9. The van der Waals surface area contributed by atoms with Crippen LogP contribution in [0.4, 0.5) is 0 Å². The Bertz CT molecular complexity index is 781. The summed E-state index contributed by atoms with van der Waals surface area (Å²) >= 11 is 0. The molecule has 0 aliphatic rings. The Labute approximate surface area is 323 Å². The third kappa shape index (κ3) is 39.6. The Hall–Kier alpha value is -1.59. The molecule has 0 N–H and O–H groups in total. The molecule has 0 heterocycles. The van der Waals surface area contributed by atoms with Crippen molar-refractivity contribution >= 4 is 17.9 Å².